The van der Waals surface area contributed by atoms with E-state index in [1.165, 1.54) is 42.5 Å². The molecule has 0 amide bonds. The molecular formula is C29H20Cl4N2O5S2. The number of benzene rings is 3. The number of esters is 1. The summed E-state index contributed by atoms with van der Waals surface area (Å²) in [6.45, 7) is 1.60. The van der Waals surface area contributed by atoms with Gasteiger partial charge in [-0.2, -0.15) is 0 Å². The SMILES string of the molecule is CCOC(=O)C1=c2s/c(=C/c3ccc(Cl)cc3Cl)c(=O)n2C(N)=C(S(=O)(=O)c2ccccc2)[C@@H]1c1ccc(Cl)cc1Cl. The van der Waals surface area contributed by atoms with Crippen LogP contribution in [0.25, 0.3) is 17.5 Å². The van der Waals surface area contributed by atoms with E-state index in [4.69, 9.17) is 56.9 Å². The topological polar surface area (TPSA) is 108 Å². The molecular weight excluding hydrogens is 662 g/mol. The van der Waals surface area contributed by atoms with E-state index in [2.05, 4.69) is 0 Å². The molecule has 0 spiro atoms. The number of allylic oxidation sites excluding steroid dienone is 1. The van der Waals surface area contributed by atoms with Crippen LogP contribution in [0.1, 0.15) is 24.0 Å². The number of nitrogens with zero attached hydrogens (tertiary/aromatic N) is 1. The lowest BCUT2D eigenvalue weighted by Crippen LogP contribution is -2.41. The highest BCUT2D eigenvalue weighted by molar-refractivity contribution is 7.95. The lowest BCUT2D eigenvalue weighted by Gasteiger charge is -2.28. The average Bonchev–Trinajstić information content (AvgIpc) is 3.26. The molecule has 1 aliphatic rings. The number of carbonyl (C=O) groups excluding carboxylic acids is 1. The molecule has 216 valence electrons. The molecule has 3 aromatic carbocycles. The number of hydrogen-bond donors (Lipinski definition) is 1. The van der Waals surface area contributed by atoms with E-state index >= 15 is 0 Å². The zero-order valence-electron chi connectivity index (χ0n) is 21.6. The number of halogens is 4. The Bertz CT molecular complexity index is 2070. The van der Waals surface area contributed by atoms with Crippen LogP contribution in [-0.2, 0) is 19.4 Å². The van der Waals surface area contributed by atoms with Crippen LogP contribution in [0, 0.1) is 0 Å². The first-order valence-electron chi connectivity index (χ1n) is 12.3. The Morgan fingerprint density at radius 3 is 2.26 bits per heavy atom. The Kier molecular flexibility index (Phi) is 8.63. The summed E-state index contributed by atoms with van der Waals surface area (Å²) in [5, 5.41) is 1.08. The van der Waals surface area contributed by atoms with Crippen LogP contribution in [0.4, 0.5) is 0 Å². The van der Waals surface area contributed by atoms with Crippen LogP contribution < -0.4 is 20.5 Å². The summed E-state index contributed by atoms with van der Waals surface area (Å²) in [4.78, 5) is 27.0. The predicted molar refractivity (Wildman–Crippen MR) is 168 cm³/mol. The van der Waals surface area contributed by atoms with E-state index in [-0.39, 0.29) is 47.7 Å². The highest BCUT2D eigenvalue weighted by Crippen LogP contribution is 2.44. The van der Waals surface area contributed by atoms with Crippen LogP contribution in [-0.4, -0.2) is 25.6 Å². The van der Waals surface area contributed by atoms with Crippen molar-refractivity contribution in [3.63, 3.8) is 0 Å². The molecule has 5 rings (SSSR count). The maximum Gasteiger partial charge on any atom is 0.338 e. The minimum atomic E-state index is -4.40. The van der Waals surface area contributed by atoms with Gasteiger partial charge in [0.05, 0.1) is 27.5 Å². The van der Waals surface area contributed by atoms with Gasteiger partial charge in [-0.05, 0) is 60.5 Å². The fraction of sp³-hybridized carbons (Fsp3) is 0.103. The third kappa shape index (κ3) is 5.41. The van der Waals surface area contributed by atoms with Crippen molar-refractivity contribution in [2.24, 2.45) is 5.73 Å². The van der Waals surface area contributed by atoms with Crippen LogP contribution in [0.5, 0.6) is 0 Å². The summed E-state index contributed by atoms with van der Waals surface area (Å²) in [5.41, 5.74) is 6.54. The third-order valence-electron chi connectivity index (χ3n) is 6.46. The normalized spacial score (nSPS) is 15.6. The van der Waals surface area contributed by atoms with Gasteiger partial charge in [0.15, 0.2) is 0 Å². The van der Waals surface area contributed by atoms with Gasteiger partial charge in [0.2, 0.25) is 9.84 Å². The zero-order valence-corrected chi connectivity index (χ0v) is 26.3. The highest BCUT2D eigenvalue weighted by atomic mass is 35.5. The molecule has 0 aliphatic carbocycles. The summed E-state index contributed by atoms with van der Waals surface area (Å²) in [7, 11) is -4.40. The lowest BCUT2D eigenvalue weighted by atomic mass is 9.89. The molecule has 0 saturated carbocycles. The van der Waals surface area contributed by atoms with Gasteiger partial charge in [-0.3, -0.25) is 9.36 Å². The van der Waals surface area contributed by atoms with Gasteiger partial charge >= 0.3 is 5.97 Å². The van der Waals surface area contributed by atoms with E-state index in [0.717, 1.165) is 15.9 Å². The highest BCUT2D eigenvalue weighted by Gasteiger charge is 2.43. The maximum absolute atomic E-state index is 14.3. The number of hydrogen-bond acceptors (Lipinski definition) is 7. The molecule has 1 aromatic heterocycles. The molecule has 0 fully saturated rings. The van der Waals surface area contributed by atoms with Crippen molar-refractivity contribution in [1.82, 2.24) is 4.57 Å². The van der Waals surface area contributed by atoms with Gasteiger partial charge in [-0.25, -0.2) is 13.2 Å². The number of rotatable bonds is 6. The minimum Gasteiger partial charge on any atom is -0.463 e. The fourth-order valence-corrected chi connectivity index (χ4v) is 8.45. The van der Waals surface area contributed by atoms with Gasteiger partial charge in [0.25, 0.3) is 5.56 Å². The van der Waals surface area contributed by atoms with Crippen LogP contribution >= 0.6 is 57.7 Å². The number of fused-ring (bicyclic) bond motifs is 1. The first-order valence-corrected chi connectivity index (χ1v) is 16.1. The molecule has 0 unspecified atom stereocenters. The molecule has 0 saturated heterocycles. The summed E-state index contributed by atoms with van der Waals surface area (Å²) >= 11 is 26.1. The zero-order chi connectivity index (χ0) is 30.3. The fourth-order valence-electron chi connectivity index (χ4n) is 4.62. The van der Waals surface area contributed by atoms with Crippen molar-refractivity contribution in [3.8, 4) is 0 Å². The predicted octanol–water partition coefficient (Wildman–Crippen LogP) is 5.42. The summed E-state index contributed by atoms with van der Waals surface area (Å²) < 4.78 is 35.2. The second-order valence-electron chi connectivity index (χ2n) is 9.02. The smallest absolute Gasteiger partial charge is 0.338 e. The van der Waals surface area contributed by atoms with Crippen molar-refractivity contribution < 1.29 is 17.9 Å². The molecule has 42 heavy (non-hydrogen) atoms. The van der Waals surface area contributed by atoms with Crippen molar-refractivity contribution in [3.05, 3.63) is 122 Å². The third-order valence-corrected chi connectivity index (χ3v) is 10.6. The quantitative estimate of drug-likeness (QED) is 0.272. The van der Waals surface area contributed by atoms with E-state index in [1.807, 2.05) is 0 Å². The van der Waals surface area contributed by atoms with E-state index < -0.39 is 32.2 Å². The number of carbonyl (C=O) groups is 1. The molecule has 0 radical (unpaired) electrons. The molecule has 2 N–H and O–H groups in total. The number of thiazole rings is 1. The van der Waals surface area contributed by atoms with Gasteiger partial charge in [-0.1, -0.05) is 76.7 Å². The lowest BCUT2D eigenvalue weighted by molar-refractivity contribution is -0.136. The Hall–Kier alpha value is -3.05. The van der Waals surface area contributed by atoms with E-state index in [9.17, 15) is 18.0 Å². The van der Waals surface area contributed by atoms with Crippen LogP contribution in [0.2, 0.25) is 20.1 Å². The Labute approximate surface area is 264 Å². The monoisotopic (exact) mass is 680 g/mol. The number of ether oxygens (including phenoxy) is 1. The summed E-state index contributed by atoms with van der Waals surface area (Å²) in [5.74, 6) is -2.54. The Balaban J connectivity index is 1.95. The molecule has 1 aliphatic heterocycles. The first-order chi connectivity index (χ1) is 19.9. The number of sulfone groups is 1. The molecule has 2 heterocycles. The molecule has 0 bridgehead atoms. The minimum absolute atomic E-state index is 0.0155. The number of aromatic nitrogens is 1. The van der Waals surface area contributed by atoms with Crippen LogP contribution in [0.3, 0.4) is 0 Å². The average molecular weight is 682 g/mol. The molecule has 13 heteroatoms. The second-order valence-corrected chi connectivity index (χ2v) is 13.7. The van der Waals surface area contributed by atoms with Gasteiger partial charge < -0.3 is 10.5 Å². The largest absolute Gasteiger partial charge is 0.463 e. The Morgan fingerprint density at radius 1 is 1.00 bits per heavy atom. The van der Waals surface area contributed by atoms with Crippen LogP contribution in [0.15, 0.2) is 81.3 Å². The van der Waals surface area contributed by atoms with Gasteiger partial charge in [0, 0.05) is 20.1 Å². The maximum atomic E-state index is 14.3. The standard InChI is InChI=1S/C29H20Cl4N2O5S2/c1-2-40-29(37)24-23(19-11-10-17(31)14-21(19)33)25(42(38,39)18-6-4-3-5-7-18)26(34)35-27(36)22(41-28(24)35)12-15-8-9-16(30)13-20(15)32/h3-14,23H,2,34H2,1H3/b22-12+/t23-/m1/s1. The molecule has 1 atom stereocenters. The Morgan fingerprint density at radius 2 is 1.64 bits per heavy atom. The molecule has 4 aromatic rings. The van der Waals surface area contributed by atoms with Crippen molar-refractivity contribution in [2.75, 3.05) is 6.61 Å². The van der Waals surface area contributed by atoms with Crippen molar-refractivity contribution in [1.29, 1.82) is 0 Å². The van der Waals surface area contributed by atoms with Crippen molar-refractivity contribution in [2.45, 2.75) is 17.7 Å². The summed E-state index contributed by atoms with van der Waals surface area (Å²) in [6, 6.07) is 16.8. The first kappa shape index (κ1) is 30.4. The van der Waals surface area contributed by atoms with E-state index in [0.29, 0.717) is 15.6 Å². The van der Waals surface area contributed by atoms with Gasteiger partial charge in [0.1, 0.15) is 15.4 Å². The second kappa shape index (κ2) is 11.9. The summed E-state index contributed by atoms with van der Waals surface area (Å²) in [6.07, 6.45) is 1.52. The van der Waals surface area contributed by atoms with Crippen molar-refractivity contribution >= 4 is 91.0 Å². The molecule has 7 nitrogen and oxygen atoms in total. The van der Waals surface area contributed by atoms with Gasteiger partial charge in [-0.15, -0.1) is 11.3 Å². The van der Waals surface area contributed by atoms with E-state index in [1.54, 1.807) is 37.3 Å². The number of nitrogens with two attached hydrogens (primary N) is 1.